The molecule has 0 aliphatic carbocycles. The highest BCUT2D eigenvalue weighted by atomic mass is 19.4. The zero-order valence-corrected chi connectivity index (χ0v) is 9.80. The van der Waals surface area contributed by atoms with Crippen LogP contribution in [-0.4, -0.2) is 18.4 Å². The number of aliphatic hydroxyl groups is 1. The van der Waals surface area contributed by atoms with Crippen LogP contribution >= 0.6 is 0 Å². The third-order valence-corrected chi connectivity index (χ3v) is 2.50. The van der Waals surface area contributed by atoms with E-state index >= 15 is 0 Å². The predicted octanol–water partition coefficient (Wildman–Crippen LogP) is 3.60. The van der Waals surface area contributed by atoms with Gasteiger partial charge in [-0.1, -0.05) is 6.07 Å². The fraction of sp³-hybridized carbons (Fsp3) is 0.500. The summed E-state index contributed by atoms with van der Waals surface area (Å²) in [5, 5.41) is 9.68. The molecule has 18 heavy (non-hydrogen) atoms. The molecule has 1 rings (SSSR count). The van der Waals surface area contributed by atoms with Crippen LogP contribution in [0, 0.1) is 5.82 Å². The van der Waals surface area contributed by atoms with Crippen LogP contribution in [0.1, 0.15) is 30.9 Å². The number of ether oxygens (including phenoxy) is 1. The molecule has 1 N–H and O–H groups in total. The van der Waals surface area contributed by atoms with Crippen molar-refractivity contribution in [2.45, 2.75) is 31.5 Å². The van der Waals surface area contributed by atoms with Crippen molar-refractivity contribution in [1.29, 1.82) is 0 Å². The lowest BCUT2D eigenvalue weighted by atomic mass is 10.0. The van der Waals surface area contributed by atoms with E-state index in [4.69, 9.17) is 4.74 Å². The number of methoxy groups -OCH3 is 1. The molecule has 0 aliphatic heterocycles. The molecule has 2 nitrogen and oxygen atoms in total. The van der Waals surface area contributed by atoms with E-state index in [9.17, 15) is 22.7 Å². The molecule has 0 heterocycles. The van der Waals surface area contributed by atoms with E-state index in [0.29, 0.717) is 5.56 Å². The summed E-state index contributed by atoms with van der Waals surface area (Å²) in [5.74, 6) is -0.619. The van der Waals surface area contributed by atoms with Gasteiger partial charge >= 0.3 is 6.18 Å². The Bertz CT molecular complexity index is 390. The molecule has 0 amide bonds. The van der Waals surface area contributed by atoms with E-state index < -0.39 is 24.5 Å². The maximum atomic E-state index is 13.1. The van der Waals surface area contributed by atoms with Gasteiger partial charge in [-0.05, 0) is 30.5 Å². The van der Waals surface area contributed by atoms with Crippen molar-refractivity contribution in [2.75, 3.05) is 7.11 Å². The Morgan fingerprint density at radius 1 is 1.33 bits per heavy atom. The second kappa shape index (κ2) is 6.04. The minimum Gasteiger partial charge on any atom is -0.494 e. The normalized spacial score (nSPS) is 13.4. The molecule has 6 heteroatoms. The number of hydrogen-bond donors (Lipinski definition) is 1. The quantitative estimate of drug-likeness (QED) is 0.825. The topological polar surface area (TPSA) is 29.5 Å². The zero-order valence-electron chi connectivity index (χ0n) is 9.80. The molecule has 0 radical (unpaired) electrons. The molecular weight excluding hydrogens is 252 g/mol. The summed E-state index contributed by atoms with van der Waals surface area (Å²) in [4.78, 5) is 0. The lowest BCUT2D eigenvalue weighted by Gasteiger charge is -2.13. The fourth-order valence-corrected chi connectivity index (χ4v) is 1.55. The van der Waals surface area contributed by atoms with Gasteiger partial charge in [-0.3, -0.25) is 0 Å². The van der Waals surface area contributed by atoms with Gasteiger partial charge in [0.05, 0.1) is 13.2 Å². The Morgan fingerprint density at radius 2 is 2.00 bits per heavy atom. The fourth-order valence-electron chi connectivity index (χ4n) is 1.55. The second-order valence-corrected chi connectivity index (χ2v) is 3.92. The average molecular weight is 266 g/mol. The molecule has 1 unspecified atom stereocenters. The molecule has 1 aromatic rings. The van der Waals surface area contributed by atoms with Crippen LogP contribution in [0.3, 0.4) is 0 Å². The van der Waals surface area contributed by atoms with Crippen molar-refractivity contribution in [2.24, 2.45) is 0 Å². The highest BCUT2D eigenvalue weighted by Gasteiger charge is 2.26. The van der Waals surface area contributed by atoms with Crippen LogP contribution in [-0.2, 0) is 0 Å². The van der Waals surface area contributed by atoms with Crippen LogP contribution in [0.2, 0.25) is 0 Å². The van der Waals surface area contributed by atoms with Crippen LogP contribution in [0.5, 0.6) is 5.75 Å². The lowest BCUT2D eigenvalue weighted by Crippen LogP contribution is -2.08. The van der Waals surface area contributed by atoms with E-state index in [2.05, 4.69) is 0 Å². The lowest BCUT2D eigenvalue weighted by molar-refractivity contribution is -0.136. The Kier molecular flexibility index (Phi) is 4.95. The highest BCUT2D eigenvalue weighted by molar-refractivity contribution is 5.31. The van der Waals surface area contributed by atoms with Crippen LogP contribution in [0.15, 0.2) is 18.2 Å². The summed E-state index contributed by atoms with van der Waals surface area (Å²) in [6, 6.07) is 3.73. The second-order valence-electron chi connectivity index (χ2n) is 3.92. The van der Waals surface area contributed by atoms with Gasteiger partial charge in [0.15, 0.2) is 11.6 Å². The van der Waals surface area contributed by atoms with Crippen LogP contribution < -0.4 is 4.74 Å². The van der Waals surface area contributed by atoms with E-state index in [0.717, 1.165) is 6.07 Å². The molecule has 0 fully saturated rings. The number of rotatable bonds is 5. The molecule has 102 valence electrons. The first kappa shape index (κ1) is 14.8. The van der Waals surface area contributed by atoms with Gasteiger partial charge in [-0.2, -0.15) is 13.2 Å². The smallest absolute Gasteiger partial charge is 0.389 e. The Morgan fingerprint density at radius 3 is 2.56 bits per heavy atom. The summed E-state index contributed by atoms with van der Waals surface area (Å²) < 4.78 is 53.6. The van der Waals surface area contributed by atoms with Crippen molar-refractivity contribution >= 4 is 0 Å². The van der Waals surface area contributed by atoms with Crippen molar-refractivity contribution in [1.82, 2.24) is 0 Å². The molecule has 0 bridgehead atoms. The maximum Gasteiger partial charge on any atom is 0.389 e. The SMILES string of the molecule is COc1cc(C(O)CCCC(F)(F)F)ccc1F. The summed E-state index contributed by atoms with van der Waals surface area (Å²) >= 11 is 0. The highest BCUT2D eigenvalue weighted by Crippen LogP contribution is 2.28. The summed E-state index contributed by atoms with van der Waals surface area (Å²) in [5.41, 5.74) is 0.343. The Hall–Kier alpha value is -1.30. The average Bonchev–Trinajstić information content (AvgIpc) is 2.27. The molecule has 0 spiro atoms. The first-order valence-electron chi connectivity index (χ1n) is 5.42. The van der Waals surface area contributed by atoms with Crippen molar-refractivity contribution in [3.05, 3.63) is 29.6 Å². The molecule has 1 aromatic carbocycles. The summed E-state index contributed by atoms with van der Waals surface area (Å²) in [6.07, 6.45) is -6.43. The van der Waals surface area contributed by atoms with Gasteiger partial charge < -0.3 is 9.84 Å². The third-order valence-electron chi connectivity index (χ3n) is 2.50. The summed E-state index contributed by atoms with van der Waals surface area (Å²) in [7, 11) is 1.28. The predicted molar refractivity (Wildman–Crippen MR) is 57.8 cm³/mol. The van der Waals surface area contributed by atoms with Crippen LogP contribution in [0.25, 0.3) is 0 Å². The number of aliphatic hydroxyl groups excluding tert-OH is 1. The Labute approximate surface area is 102 Å². The van der Waals surface area contributed by atoms with Crippen molar-refractivity contribution < 1.29 is 27.4 Å². The van der Waals surface area contributed by atoms with E-state index in [1.807, 2.05) is 0 Å². The summed E-state index contributed by atoms with van der Waals surface area (Å²) in [6.45, 7) is 0. The van der Waals surface area contributed by atoms with Gasteiger partial charge in [0.25, 0.3) is 0 Å². The molecule has 1 atom stereocenters. The minimum absolute atomic E-state index is 0.0334. The maximum absolute atomic E-state index is 13.1. The molecular formula is C12H14F4O2. The van der Waals surface area contributed by atoms with E-state index in [1.54, 1.807) is 0 Å². The van der Waals surface area contributed by atoms with Gasteiger partial charge in [0, 0.05) is 6.42 Å². The van der Waals surface area contributed by atoms with Gasteiger partial charge in [-0.15, -0.1) is 0 Å². The molecule has 0 aliphatic rings. The number of hydrogen-bond acceptors (Lipinski definition) is 2. The first-order chi connectivity index (χ1) is 8.33. The van der Waals surface area contributed by atoms with Gasteiger partial charge in [0.2, 0.25) is 0 Å². The van der Waals surface area contributed by atoms with Crippen LogP contribution in [0.4, 0.5) is 17.6 Å². The van der Waals surface area contributed by atoms with Crippen molar-refractivity contribution in [3.63, 3.8) is 0 Å². The minimum atomic E-state index is -4.22. The largest absolute Gasteiger partial charge is 0.494 e. The Balaban J connectivity index is 2.59. The zero-order chi connectivity index (χ0) is 13.8. The van der Waals surface area contributed by atoms with Gasteiger partial charge in [0.1, 0.15) is 0 Å². The first-order valence-corrected chi connectivity index (χ1v) is 5.42. The molecule has 0 saturated heterocycles. The monoisotopic (exact) mass is 266 g/mol. The molecule has 0 aromatic heterocycles. The van der Waals surface area contributed by atoms with Crippen molar-refractivity contribution in [3.8, 4) is 5.75 Å². The third kappa shape index (κ3) is 4.52. The van der Waals surface area contributed by atoms with Gasteiger partial charge in [-0.25, -0.2) is 4.39 Å². The number of benzene rings is 1. The van der Waals surface area contributed by atoms with E-state index in [-0.39, 0.29) is 18.6 Å². The van der Waals surface area contributed by atoms with E-state index in [1.165, 1.54) is 19.2 Å². The number of alkyl halides is 3. The standard InChI is InChI=1S/C12H14F4O2/c1-18-11-7-8(4-5-9(11)13)10(17)3-2-6-12(14,15)16/h4-5,7,10,17H,2-3,6H2,1H3. The number of halogens is 4. The molecule has 0 saturated carbocycles.